The Kier molecular flexibility index (Phi) is 32.5. The maximum atomic E-state index is 9.53. The molecule has 0 heterocycles. The predicted molar refractivity (Wildman–Crippen MR) is 107 cm³/mol. The van der Waals surface area contributed by atoms with Crippen LogP contribution in [-0.4, -0.2) is 19.8 Å². The molecule has 2 rings (SSSR count). The molecule has 0 atom stereocenters. The largest absolute Gasteiger partial charge is 4.00 e. The Morgan fingerprint density at radius 3 is 1.00 bits per heavy atom. The summed E-state index contributed by atoms with van der Waals surface area (Å²) in [4.78, 5) is 0. The molecule has 0 fully saturated rings. The van der Waals surface area contributed by atoms with Crippen LogP contribution in [0.2, 0.25) is 0 Å². The monoisotopic (exact) mass is 452 g/mol. The Bertz CT molecular complexity index is 306. The van der Waals surface area contributed by atoms with Gasteiger partial charge in [0.2, 0.25) is 0 Å². The first kappa shape index (κ1) is 31.4. The minimum atomic E-state index is 0. The van der Waals surface area contributed by atoms with E-state index in [1.807, 2.05) is 20.8 Å². The van der Waals surface area contributed by atoms with Crippen molar-refractivity contribution in [1.82, 2.24) is 0 Å². The van der Waals surface area contributed by atoms with E-state index < -0.39 is 0 Å². The fraction of sp³-hybridized carbons (Fsp3) is 0.609. The first-order valence-electron chi connectivity index (χ1n) is 9.99. The molecular formula is C23H38O3Zr. The van der Waals surface area contributed by atoms with Crippen LogP contribution >= 0.6 is 0 Å². The van der Waals surface area contributed by atoms with Gasteiger partial charge in [0.1, 0.15) is 0 Å². The Hall–Kier alpha value is -0.277. The van der Waals surface area contributed by atoms with Crippen molar-refractivity contribution in [3.8, 4) is 0 Å². The average Bonchev–Trinajstić information content (AvgIpc) is 3.33. The van der Waals surface area contributed by atoms with E-state index in [0.717, 1.165) is 38.5 Å². The second-order valence-corrected chi connectivity index (χ2v) is 6.06. The van der Waals surface area contributed by atoms with Crippen molar-refractivity contribution in [2.75, 3.05) is 19.8 Å². The van der Waals surface area contributed by atoms with Crippen molar-refractivity contribution in [2.24, 2.45) is 11.8 Å². The van der Waals surface area contributed by atoms with Gasteiger partial charge in [-0.15, -0.1) is 56.0 Å². The smallest absolute Gasteiger partial charge is 0.854 e. The zero-order valence-corrected chi connectivity index (χ0v) is 19.9. The molecule has 0 aromatic heterocycles. The summed E-state index contributed by atoms with van der Waals surface area (Å²) in [6.07, 6.45) is 25.2. The molecule has 0 radical (unpaired) electrons. The van der Waals surface area contributed by atoms with Crippen molar-refractivity contribution in [3.05, 3.63) is 55.0 Å². The van der Waals surface area contributed by atoms with Gasteiger partial charge < -0.3 is 21.7 Å². The molecule has 0 bridgehead atoms. The molecule has 4 heteroatoms. The Labute approximate surface area is 187 Å². The fourth-order valence-corrected chi connectivity index (χ4v) is 1.84. The summed E-state index contributed by atoms with van der Waals surface area (Å²) in [5, 5.41) is 28.6. The van der Waals surface area contributed by atoms with Gasteiger partial charge in [-0.2, -0.15) is 0 Å². The maximum Gasteiger partial charge on any atom is 4.00 e. The van der Waals surface area contributed by atoms with Crippen LogP contribution in [0.1, 0.15) is 59.3 Å². The summed E-state index contributed by atoms with van der Waals surface area (Å²) in [5.41, 5.74) is 0. The van der Waals surface area contributed by atoms with E-state index in [9.17, 15) is 15.3 Å². The molecule has 2 aliphatic carbocycles. The molecule has 152 valence electrons. The second kappa shape index (κ2) is 27.9. The Morgan fingerprint density at radius 1 is 0.593 bits per heavy atom. The van der Waals surface area contributed by atoms with Crippen LogP contribution in [-0.2, 0) is 26.2 Å². The first-order chi connectivity index (χ1) is 12.7. The molecule has 0 saturated heterocycles. The second-order valence-electron chi connectivity index (χ2n) is 6.06. The molecule has 3 nitrogen and oxygen atoms in total. The summed E-state index contributed by atoms with van der Waals surface area (Å²) >= 11 is 0. The summed E-state index contributed by atoms with van der Waals surface area (Å²) in [5.74, 6) is 1.10. The van der Waals surface area contributed by atoms with Crippen LogP contribution in [0.5, 0.6) is 0 Å². The van der Waals surface area contributed by atoms with Gasteiger partial charge in [0, 0.05) is 0 Å². The van der Waals surface area contributed by atoms with Crippen molar-refractivity contribution in [3.63, 3.8) is 0 Å². The fourth-order valence-electron chi connectivity index (χ4n) is 1.84. The average molecular weight is 454 g/mol. The third-order valence-electron chi connectivity index (χ3n) is 3.49. The van der Waals surface area contributed by atoms with Crippen molar-refractivity contribution in [1.29, 1.82) is 0 Å². The molecule has 0 aromatic carbocycles. The summed E-state index contributed by atoms with van der Waals surface area (Å²) in [6.45, 7) is 6.32. The molecule has 0 spiro atoms. The third-order valence-corrected chi connectivity index (χ3v) is 3.49. The van der Waals surface area contributed by atoms with Crippen LogP contribution in [0, 0.1) is 18.3 Å². The minimum absolute atomic E-state index is 0. The van der Waals surface area contributed by atoms with E-state index in [-0.39, 0.29) is 46.0 Å². The minimum Gasteiger partial charge on any atom is -0.854 e. The molecular weight excluding hydrogens is 415 g/mol. The van der Waals surface area contributed by atoms with E-state index in [4.69, 9.17) is 0 Å². The Morgan fingerprint density at radius 2 is 0.852 bits per heavy atom. The Balaban J connectivity index is -0.000000311. The number of allylic oxidation sites excluding steroid dienone is 8. The van der Waals surface area contributed by atoms with Crippen molar-refractivity contribution >= 4 is 0 Å². The van der Waals surface area contributed by atoms with Gasteiger partial charge in [-0.3, -0.25) is 0 Å². The quantitative estimate of drug-likeness (QED) is 0.530. The van der Waals surface area contributed by atoms with Gasteiger partial charge in [-0.05, 0) is 0 Å². The van der Waals surface area contributed by atoms with Crippen LogP contribution < -0.4 is 15.3 Å². The molecule has 0 amide bonds. The number of rotatable bonds is 8. The van der Waals surface area contributed by atoms with Crippen molar-refractivity contribution in [2.45, 2.75) is 59.3 Å². The zero-order chi connectivity index (χ0) is 19.9. The van der Waals surface area contributed by atoms with Crippen LogP contribution in [0.15, 0.2) is 48.6 Å². The summed E-state index contributed by atoms with van der Waals surface area (Å²) in [7, 11) is 0. The van der Waals surface area contributed by atoms with Gasteiger partial charge in [0.25, 0.3) is 0 Å². The van der Waals surface area contributed by atoms with Gasteiger partial charge in [0.05, 0.1) is 0 Å². The number of unbranched alkanes of at least 4 members (excludes halogenated alkanes) is 3. The molecule has 0 aliphatic heterocycles. The topological polar surface area (TPSA) is 69.2 Å². The third kappa shape index (κ3) is 25.7. The zero-order valence-electron chi connectivity index (χ0n) is 17.4. The van der Waals surface area contributed by atoms with E-state index in [0.29, 0.717) is 11.8 Å². The van der Waals surface area contributed by atoms with Crippen molar-refractivity contribution < 1.29 is 41.5 Å². The normalized spacial score (nSPS) is 13.9. The number of hydrogen-bond donors (Lipinski definition) is 0. The van der Waals surface area contributed by atoms with Crippen LogP contribution in [0.25, 0.3) is 0 Å². The molecule has 0 aromatic rings. The molecule has 0 saturated carbocycles. The molecule has 2 aliphatic rings. The standard InChI is InChI=1S/C11H11.3C4H9O.Zr/c1-2-6-10(5-1)9-11-7-3-4-8-11;3*1-2-3-4-5;/h1-11H;3*2-4H2,1H3;/q4*-1;+4. The van der Waals surface area contributed by atoms with E-state index in [2.05, 4.69) is 55.0 Å². The van der Waals surface area contributed by atoms with Gasteiger partial charge in [0.15, 0.2) is 0 Å². The predicted octanol–water partition coefficient (Wildman–Crippen LogP) is 3.11. The number of hydrogen-bond acceptors (Lipinski definition) is 3. The molecule has 0 unspecified atom stereocenters. The SMILES string of the molecule is C1=CC([CH-]C2C=CC=C2)C=C1.CCCC[O-].CCCC[O-].CCCC[O-].[Zr+4]. The van der Waals surface area contributed by atoms with E-state index in [1.54, 1.807) is 0 Å². The van der Waals surface area contributed by atoms with E-state index in [1.165, 1.54) is 0 Å². The van der Waals surface area contributed by atoms with Crippen LogP contribution in [0.4, 0.5) is 0 Å². The molecule has 27 heavy (non-hydrogen) atoms. The molecule has 0 N–H and O–H groups in total. The van der Waals surface area contributed by atoms with Gasteiger partial charge in [-0.25, -0.2) is 0 Å². The first-order valence-corrected chi connectivity index (χ1v) is 9.99. The summed E-state index contributed by atoms with van der Waals surface area (Å²) in [6, 6.07) is 0. The summed E-state index contributed by atoms with van der Waals surface area (Å²) < 4.78 is 0. The van der Waals surface area contributed by atoms with Gasteiger partial charge >= 0.3 is 26.2 Å². The maximum absolute atomic E-state index is 9.53. The van der Waals surface area contributed by atoms with E-state index >= 15 is 0 Å². The van der Waals surface area contributed by atoms with Gasteiger partial charge in [-0.1, -0.05) is 83.6 Å². The van der Waals surface area contributed by atoms with Crippen LogP contribution in [0.3, 0.4) is 0 Å².